The van der Waals surface area contributed by atoms with Crippen molar-refractivity contribution in [3.8, 4) is 0 Å². The average molecular weight is 124 g/mol. The van der Waals surface area contributed by atoms with Gasteiger partial charge in [-0.1, -0.05) is 37.6 Å². The lowest BCUT2D eigenvalue weighted by molar-refractivity contribution is 1.06. The molecule has 0 aromatic carbocycles. The third kappa shape index (κ3) is 2.50. The Balaban J connectivity index is 0.000000291. The number of allylic oxidation sites excluding steroid dienone is 3. The van der Waals surface area contributed by atoms with Crippen molar-refractivity contribution < 1.29 is 0 Å². The second-order valence-corrected chi connectivity index (χ2v) is 2.03. The van der Waals surface area contributed by atoms with Crippen LogP contribution in [-0.4, -0.2) is 0 Å². The van der Waals surface area contributed by atoms with Gasteiger partial charge in [-0.25, -0.2) is 0 Å². The standard InChI is InChI=1S/C7H10.C2H6/c1-6-4-3-5-7(6)2;1-2/h5H,1,3-4H2,2H3;1-2H3. The van der Waals surface area contributed by atoms with E-state index in [9.17, 15) is 0 Å². The minimum atomic E-state index is 1.19. The van der Waals surface area contributed by atoms with Crippen molar-refractivity contribution in [1.29, 1.82) is 0 Å². The van der Waals surface area contributed by atoms with Gasteiger partial charge in [0.15, 0.2) is 0 Å². The molecule has 0 aliphatic heterocycles. The molecule has 0 radical (unpaired) electrons. The van der Waals surface area contributed by atoms with E-state index in [0.29, 0.717) is 0 Å². The van der Waals surface area contributed by atoms with Crippen molar-refractivity contribution in [3.05, 3.63) is 23.8 Å². The van der Waals surface area contributed by atoms with Crippen molar-refractivity contribution in [3.63, 3.8) is 0 Å². The Hall–Kier alpha value is -0.520. The first-order chi connectivity index (χ1) is 4.30. The van der Waals surface area contributed by atoms with Gasteiger partial charge in [0.1, 0.15) is 0 Å². The maximum atomic E-state index is 3.87. The van der Waals surface area contributed by atoms with Crippen molar-refractivity contribution in [2.45, 2.75) is 33.6 Å². The summed E-state index contributed by atoms with van der Waals surface area (Å²) in [6, 6.07) is 0. The Morgan fingerprint density at radius 3 is 2.11 bits per heavy atom. The number of hydrogen-bond donors (Lipinski definition) is 0. The highest BCUT2D eigenvalue weighted by Gasteiger charge is 2.01. The second kappa shape index (κ2) is 4.37. The van der Waals surface area contributed by atoms with Gasteiger partial charge in [0.2, 0.25) is 0 Å². The molecule has 0 bridgehead atoms. The molecular formula is C9H16. The van der Waals surface area contributed by atoms with Crippen LogP contribution in [-0.2, 0) is 0 Å². The van der Waals surface area contributed by atoms with Gasteiger partial charge < -0.3 is 0 Å². The highest BCUT2D eigenvalue weighted by atomic mass is 14.1. The molecule has 0 aromatic heterocycles. The summed E-state index contributed by atoms with van der Waals surface area (Å²) >= 11 is 0. The van der Waals surface area contributed by atoms with Crippen molar-refractivity contribution in [2.75, 3.05) is 0 Å². The van der Waals surface area contributed by atoms with Gasteiger partial charge >= 0.3 is 0 Å². The molecule has 1 rings (SSSR count). The van der Waals surface area contributed by atoms with E-state index < -0.39 is 0 Å². The normalized spacial score (nSPS) is 16.3. The first-order valence-corrected chi connectivity index (χ1v) is 3.65. The molecule has 0 fully saturated rings. The smallest absolute Gasteiger partial charge is 0.0247 e. The van der Waals surface area contributed by atoms with E-state index in [1.807, 2.05) is 13.8 Å². The number of hydrogen-bond acceptors (Lipinski definition) is 0. The minimum absolute atomic E-state index is 1.19. The Kier molecular flexibility index (Phi) is 4.12. The fraction of sp³-hybridized carbons (Fsp3) is 0.556. The SMILES string of the molecule is C=C1CCC=C1C.CC. The predicted octanol–water partition coefficient (Wildman–Crippen LogP) is 3.31. The van der Waals surface area contributed by atoms with Gasteiger partial charge in [0, 0.05) is 0 Å². The lowest BCUT2D eigenvalue weighted by Gasteiger charge is -1.89. The highest BCUT2D eigenvalue weighted by Crippen LogP contribution is 2.21. The summed E-state index contributed by atoms with van der Waals surface area (Å²) in [5.74, 6) is 0. The predicted molar refractivity (Wildman–Crippen MR) is 43.5 cm³/mol. The summed E-state index contributed by atoms with van der Waals surface area (Å²) in [5, 5.41) is 0. The molecule has 0 heteroatoms. The largest absolute Gasteiger partial charge is 0.0956 e. The van der Waals surface area contributed by atoms with Crippen LogP contribution in [0.4, 0.5) is 0 Å². The molecule has 1 aliphatic rings. The molecule has 0 heterocycles. The van der Waals surface area contributed by atoms with E-state index in [-0.39, 0.29) is 0 Å². The summed E-state index contributed by atoms with van der Waals surface area (Å²) in [4.78, 5) is 0. The summed E-state index contributed by atoms with van der Waals surface area (Å²) < 4.78 is 0. The minimum Gasteiger partial charge on any atom is -0.0956 e. The molecular weight excluding hydrogens is 108 g/mol. The molecule has 0 N–H and O–H groups in total. The van der Waals surface area contributed by atoms with E-state index in [1.54, 1.807) is 0 Å². The van der Waals surface area contributed by atoms with Gasteiger partial charge in [0.05, 0.1) is 0 Å². The van der Waals surface area contributed by atoms with Crippen LogP contribution >= 0.6 is 0 Å². The molecule has 0 spiro atoms. The Morgan fingerprint density at radius 2 is 2.00 bits per heavy atom. The monoisotopic (exact) mass is 124 g/mol. The number of rotatable bonds is 0. The summed E-state index contributed by atoms with van der Waals surface area (Å²) in [6.07, 6.45) is 4.64. The van der Waals surface area contributed by atoms with Crippen LogP contribution in [0.25, 0.3) is 0 Å². The van der Waals surface area contributed by atoms with Crippen LogP contribution in [0.5, 0.6) is 0 Å². The fourth-order valence-electron chi connectivity index (χ4n) is 0.804. The van der Waals surface area contributed by atoms with Crippen molar-refractivity contribution >= 4 is 0 Å². The van der Waals surface area contributed by atoms with Crippen LogP contribution in [0.2, 0.25) is 0 Å². The molecule has 9 heavy (non-hydrogen) atoms. The molecule has 52 valence electrons. The lowest BCUT2D eigenvalue weighted by Crippen LogP contribution is -1.69. The highest BCUT2D eigenvalue weighted by molar-refractivity contribution is 5.30. The van der Waals surface area contributed by atoms with E-state index in [2.05, 4.69) is 19.6 Å². The van der Waals surface area contributed by atoms with Crippen LogP contribution in [0, 0.1) is 0 Å². The first kappa shape index (κ1) is 8.48. The molecule has 0 aromatic rings. The third-order valence-electron chi connectivity index (χ3n) is 1.45. The maximum Gasteiger partial charge on any atom is -0.0247 e. The van der Waals surface area contributed by atoms with Crippen LogP contribution in [0.3, 0.4) is 0 Å². The van der Waals surface area contributed by atoms with E-state index >= 15 is 0 Å². The summed E-state index contributed by atoms with van der Waals surface area (Å²) in [7, 11) is 0. The van der Waals surface area contributed by atoms with Gasteiger partial charge in [-0.2, -0.15) is 0 Å². The second-order valence-electron chi connectivity index (χ2n) is 2.03. The van der Waals surface area contributed by atoms with Crippen LogP contribution < -0.4 is 0 Å². The van der Waals surface area contributed by atoms with Gasteiger partial charge in [0.25, 0.3) is 0 Å². The van der Waals surface area contributed by atoms with Crippen molar-refractivity contribution in [1.82, 2.24) is 0 Å². The Bertz CT molecular complexity index is 118. The average Bonchev–Trinajstić information content (AvgIpc) is 2.23. The zero-order chi connectivity index (χ0) is 7.28. The first-order valence-electron chi connectivity index (χ1n) is 3.65. The zero-order valence-corrected chi connectivity index (χ0v) is 6.70. The Morgan fingerprint density at radius 1 is 1.44 bits per heavy atom. The molecule has 0 saturated carbocycles. The topological polar surface area (TPSA) is 0 Å². The van der Waals surface area contributed by atoms with Gasteiger partial charge in [-0.15, -0.1) is 0 Å². The molecule has 0 nitrogen and oxygen atoms in total. The maximum absolute atomic E-state index is 3.87. The van der Waals surface area contributed by atoms with Crippen LogP contribution in [0.15, 0.2) is 23.8 Å². The van der Waals surface area contributed by atoms with Crippen molar-refractivity contribution in [2.24, 2.45) is 0 Å². The lowest BCUT2D eigenvalue weighted by atomic mass is 10.2. The van der Waals surface area contributed by atoms with Crippen LogP contribution in [0.1, 0.15) is 33.6 Å². The van der Waals surface area contributed by atoms with Gasteiger partial charge in [-0.3, -0.25) is 0 Å². The molecule has 1 aliphatic carbocycles. The van der Waals surface area contributed by atoms with E-state index in [4.69, 9.17) is 0 Å². The fourth-order valence-corrected chi connectivity index (χ4v) is 0.804. The Labute approximate surface area is 58.3 Å². The summed E-state index contributed by atoms with van der Waals surface area (Å²) in [5.41, 5.74) is 2.71. The van der Waals surface area contributed by atoms with E-state index in [0.717, 1.165) is 0 Å². The molecule has 0 unspecified atom stereocenters. The third-order valence-corrected chi connectivity index (χ3v) is 1.45. The molecule has 0 atom stereocenters. The molecule has 0 saturated heterocycles. The summed E-state index contributed by atoms with van der Waals surface area (Å²) in [6.45, 7) is 9.99. The van der Waals surface area contributed by atoms with E-state index in [1.165, 1.54) is 24.0 Å². The molecule has 0 amide bonds. The quantitative estimate of drug-likeness (QED) is 0.464. The zero-order valence-electron chi connectivity index (χ0n) is 6.70. The van der Waals surface area contributed by atoms with Gasteiger partial charge in [-0.05, 0) is 19.8 Å².